The summed E-state index contributed by atoms with van der Waals surface area (Å²) in [5, 5.41) is 10.9. The molecule has 0 unspecified atom stereocenters. The highest BCUT2D eigenvalue weighted by Crippen LogP contribution is 2.25. The molecular weight excluding hydrogens is 278 g/mol. The van der Waals surface area contributed by atoms with Crippen LogP contribution in [-0.4, -0.2) is 4.92 Å². The number of hydrogen-bond donors (Lipinski definition) is 0. The SMILES string of the molecule is CCc1ccc(OCc2ccc(Cl)c([N+](=O)[O-])c2)cc1. The summed E-state index contributed by atoms with van der Waals surface area (Å²) in [6.07, 6.45) is 0.976. The summed E-state index contributed by atoms with van der Waals surface area (Å²) in [6.45, 7) is 2.35. The minimum Gasteiger partial charge on any atom is -0.489 e. The Balaban J connectivity index is 2.06. The van der Waals surface area contributed by atoms with E-state index in [4.69, 9.17) is 16.3 Å². The van der Waals surface area contributed by atoms with Crippen molar-refractivity contribution in [3.05, 3.63) is 68.7 Å². The Morgan fingerprint density at radius 2 is 1.80 bits per heavy atom. The molecule has 0 saturated heterocycles. The Hall–Kier alpha value is -2.07. The number of nitro benzene ring substituents is 1. The van der Waals surface area contributed by atoms with Crippen molar-refractivity contribution in [2.24, 2.45) is 0 Å². The molecule has 0 spiro atoms. The smallest absolute Gasteiger partial charge is 0.288 e. The minimum absolute atomic E-state index is 0.103. The van der Waals surface area contributed by atoms with Crippen LogP contribution in [0.5, 0.6) is 5.75 Å². The van der Waals surface area contributed by atoms with Crippen LogP contribution in [0.25, 0.3) is 0 Å². The van der Waals surface area contributed by atoms with Gasteiger partial charge in [-0.05, 0) is 35.7 Å². The maximum Gasteiger partial charge on any atom is 0.288 e. The molecule has 2 rings (SSSR count). The molecule has 20 heavy (non-hydrogen) atoms. The van der Waals surface area contributed by atoms with Crippen LogP contribution in [0, 0.1) is 10.1 Å². The number of benzene rings is 2. The summed E-state index contributed by atoms with van der Waals surface area (Å²) in [6, 6.07) is 12.4. The van der Waals surface area contributed by atoms with Crippen LogP contribution in [-0.2, 0) is 13.0 Å². The van der Waals surface area contributed by atoms with Crippen LogP contribution in [0.1, 0.15) is 18.1 Å². The van der Waals surface area contributed by atoms with E-state index in [1.165, 1.54) is 17.7 Å². The van der Waals surface area contributed by atoms with Gasteiger partial charge >= 0.3 is 0 Å². The summed E-state index contributed by atoms with van der Waals surface area (Å²) < 4.78 is 5.60. The monoisotopic (exact) mass is 291 g/mol. The largest absolute Gasteiger partial charge is 0.489 e. The van der Waals surface area contributed by atoms with Gasteiger partial charge in [0.15, 0.2) is 0 Å². The van der Waals surface area contributed by atoms with Gasteiger partial charge in [-0.2, -0.15) is 0 Å². The van der Waals surface area contributed by atoms with E-state index in [1.54, 1.807) is 6.07 Å². The van der Waals surface area contributed by atoms with Crippen molar-refractivity contribution in [1.29, 1.82) is 0 Å². The maximum absolute atomic E-state index is 10.8. The molecule has 2 aromatic rings. The van der Waals surface area contributed by atoms with Gasteiger partial charge in [-0.25, -0.2) is 0 Å². The van der Waals surface area contributed by atoms with Gasteiger partial charge in [0, 0.05) is 6.07 Å². The second-order valence-electron chi connectivity index (χ2n) is 4.33. The summed E-state index contributed by atoms with van der Waals surface area (Å²) in [7, 11) is 0. The Kier molecular flexibility index (Phi) is 4.58. The zero-order chi connectivity index (χ0) is 14.5. The predicted octanol–water partition coefficient (Wildman–Crippen LogP) is 4.39. The Morgan fingerprint density at radius 1 is 1.15 bits per heavy atom. The van der Waals surface area contributed by atoms with E-state index in [2.05, 4.69) is 6.92 Å². The van der Waals surface area contributed by atoms with Gasteiger partial charge < -0.3 is 4.74 Å². The van der Waals surface area contributed by atoms with Crippen LogP contribution < -0.4 is 4.74 Å². The third-order valence-corrected chi connectivity index (χ3v) is 3.26. The molecule has 0 aliphatic rings. The molecule has 0 saturated carbocycles. The molecule has 0 amide bonds. The van der Waals surface area contributed by atoms with E-state index in [1.807, 2.05) is 24.3 Å². The highest BCUT2D eigenvalue weighted by atomic mass is 35.5. The Morgan fingerprint density at radius 3 is 2.40 bits per heavy atom. The molecule has 104 valence electrons. The van der Waals surface area contributed by atoms with E-state index in [9.17, 15) is 10.1 Å². The fraction of sp³-hybridized carbons (Fsp3) is 0.200. The molecular formula is C15H14ClNO3. The summed E-state index contributed by atoms with van der Waals surface area (Å²) in [5.74, 6) is 0.736. The lowest BCUT2D eigenvalue weighted by molar-refractivity contribution is -0.384. The van der Waals surface area contributed by atoms with Crippen molar-refractivity contribution in [1.82, 2.24) is 0 Å². The zero-order valence-corrected chi connectivity index (χ0v) is 11.8. The Labute approximate surface area is 122 Å². The Bertz CT molecular complexity index is 611. The third kappa shape index (κ3) is 3.48. The number of nitro groups is 1. The lowest BCUT2D eigenvalue weighted by atomic mass is 10.2. The second-order valence-corrected chi connectivity index (χ2v) is 4.74. The first-order valence-electron chi connectivity index (χ1n) is 6.24. The molecule has 0 aliphatic heterocycles. The van der Waals surface area contributed by atoms with Crippen LogP contribution >= 0.6 is 11.6 Å². The average Bonchev–Trinajstić information content (AvgIpc) is 2.46. The standard InChI is InChI=1S/C15H14ClNO3/c1-2-11-3-6-13(7-4-11)20-10-12-5-8-14(16)15(9-12)17(18)19/h3-9H,2,10H2,1H3. The number of rotatable bonds is 5. The fourth-order valence-corrected chi connectivity index (χ4v) is 1.96. The number of ether oxygens (including phenoxy) is 1. The highest BCUT2D eigenvalue weighted by Gasteiger charge is 2.12. The quantitative estimate of drug-likeness (QED) is 0.606. The lowest BCUT2D eigenvalue weighted by Gasteiger charge is -2.07. The van der Waals surface area contributed by atoms with Gasteiger partial charge in [-0.3, -0.25) is 10.1 Å². The van der Waals surface area contributed by atoms with E-state index < -0.39 is 4.92 Å². The van der Waals surface area contributed by atoms with Gasteiger partial charge in [0.25, 0.3) is 5.69 Å². The van der Waals surface area contributed by atoms with E-state index in [0.717, 1.165) is 12.2 Å². The molecule has 0 N–H and O–H groups in total. The van der Waals surface area contributed by atoms with Crippen molar-refractivity contribution >= 4 is 17.3 Å². The van der Waals surface area contributed by atoms with Gasteiger partial charge in [-0.1, -0.05) is 36.7 Å². The number of hydrogen-bond acceptors (Lipinski definition) is 3. The van der Waals surface area contributed by atoms with Gasteiger partial charge in [0.1, 0.15) is 17.4 Å². The molecule has 4 nitrogen and oxygen atoms in total. The van der Waals surface area contributed by atoms with E-state index in [-0.39, 0.29) is 17.3 Å². The first-order valence-corrected chi connectivity index (χ1v) is 6.62. The molecule has 5 heteroatoms. The van der Waals surface area contributed by atoms with E-state index >= 15 is 0 Å². The maximum atomic E-state index is 10.8. The normalized spacial score (nSPS) is 10.3. The second kappa shape index (κ2) is 6.39. The van der Waals surface area contributed by atoms with Crippen LogP contribution in [0.4, 0.5) is 5.69 Å². The van der Waals surface area contributed by atoms with Crippen molar-refractivity contribution < 1.29 is 9.66 Å². The molecule has 0 aromatic heterocycles. The summed E-state index contributed by atoms with van der Waals surface area (Å²) >= 11 is 5.76. The van der Waals surface area contributed by atoms with Crippen LogP contribution in [0.2, 0.25) is 5.02 Å². The van der Waals surface area contributed by atoms with Gasteiger partial charge in [-0.15, -0.1) is 0 Å². The number of aryl methyl sites for hydroxylation is 1. The average molecular weight is 292 g/mol. The predicted molar refractivity (Wildman–Crippen MR) is 78.3 cm³/mol. The zero-order valence-electron chi connectivity index (χ0n) is 11.0. The summed E-state index contributed by atoms with van der Waals surface area (Å²) in [4.78, 5) is 10.3. The number of halogens is 1. The van der Waals surface area contributed by atoms with E-state index in [0.29, 0.717) is 5.56 Å². The third-order valence-electron chi connectivity index (χ3n) is 2.94. The topological polar surface area (TPSA) is 52.4 Å². The van der Waals surface area contributed by atoms with Crippen LogP contribution in [0.3, 0.4) is 0 Å². The molecule has 0 heterocycles. The molecule has 0 fully saturated rings. The van der Waals surface area contributed by atoms with Crippen molar-refractivity contribution in [2.45, 2.75) is 20.0 Å². The first-order chi connectivity index (χ1) is 9.60. The fourth-order valence-electron chi connectivity index (χ4n) is 1.78. The van der Waals surface area contributed by atoms with Crippen molar-refractivity contribution in [3.8, 4) is 5.75 Å². The molecule has 0 radical (unpaired) electrons. The van der Waals surface area contributed by atoms with Gasteiger partial charge in [0.05, 0.1) is 4.92 Å². The van der Waals surface area contributed by atoms with Crippen molar-refractivity contribution in [3.63, 3.8) is 0 Å². The van der Waals surface area contributed by atoms with Crippen LogP contribution in [0.15, 0.2) is 42.5 Å². The molecule has 0 aliphatic carbocycles. The lowest BCUT2D eigenvalue weighted by Crippen LogP contribution is -1.97. The molecule has 0 atom stereocenters. The highest BCUT2D eigenvalue weighted by molar-refractivity contribution is 6.32. The number of nitrogens with zero attached hydrogens (tertiary/aromatic N) is 1. The first kappa shape index (κ1) is 14.3. The molecule has 0 bridgehead atoms. The minimum atomic E-state index is -0.498. The van der Waals surface area contributed by atoms with Crippen molar-refractivity contribution in [2.75, 3.05) is 0 Å². The van der Waals surface area contributed by atoms with Gasteiger partial charge in [0.2, 0.25) is 0 Å². The molecule has 2 aromatic carbocycles. The summed E-state index contributed by atoms with van der Waals surface area (Å²) in [5.41, 5.74) is 1.84.